The van der Waals surface area contributed by atoms with Crippen LogP contribution >= 0.6 is 0 Å². The molecule has 0 spiro atoms. The van der Waals surface area contributed by atoms with Crippen LogP contribution in [0.15, 0.2) is 168 Å². The summed E-state index contributed by atoms with van der Waals surface area (Å²) in [6.07, 6.45) is 8.80. The summed E-state index contributed by atoms with van der Waals surface area (Å²) in [5.41, 5.74) is 11.7. The Morgan fingerprint density at radius 2 is 1.02 bits per heavy atom. The molecule has 9 rings (SSSR count). The fourth-order valence-electron chi connectivity index (χ4n) is 6.74. The van der Waals surface area contributed by atoms with Crippen molar-refractivity contribution in [1.29, 1.82) is 0 Å². The molecule has 1 aliphatic carbocycles. The topological polar surface area (TPSA) is 51.8 Å². The van der Waals surface area contributed by atoms with E-state index < -0.39 is 0 Å². The second-order valence-electron chi connectivity index (χ2n) is 12.4. The Kier molecular flexibility index (Phi) is 7.25. The Hall–Kier alpha value is -6.39. The summed E-state index contributed by atoms with van der Waals surface area (Å²) in [7, 11) is 0. The molecule has 4 nitrogen and oxygen atoms in total. The van der Waals surface area contributed by atoms with Crippen molar-refractivity contribution in [3.05, 3.63) is 169 Å². The third kappa shape index (κ3) is 5.53. The van der Waals surface area contributed by atoms with Crippen LogP contribution in [0.3, 0.4) is 0 Å². The van der Waals surface area contributed by atoms with Gasteiger partial charge in [-0.15, -0.1) is 0 Å². The van der Waals surface area contributed by atoms with Crippen LogP contribution in [0.5, 0.6) is 0 Å². The average Bonchev–Trinajstić information content (AvgIpc) is 3.57. The third-order valence-corrected chi connectivity index (χ3v) is 9.21. The highest BCUT2D eigenvalue weighted by molar-refractivity contribution is 6.12. The van der Waals surface area contributed by atoms with E-state index in [1.165, 1.54) is 22.3 Å². The van der Waals surface area contributed by atoms with Gasteiger partial charge in [0.15, 0.2) is 17.5 Å². The largest absolute Gasteiger partial charge is 0.456 e. The molecule has 0 atom stereocenters. The van der Waals surface area contributed by atoms with Crippen LogP contribution in [0.2, 0.25) is 0 Å². The number of benzene rings is 6. The molecule has 0 aliphatic heterocycles. The zero-order chi connectivity index (χ0) is 32.6. The molecular formula is C45H31N3O. The van der Waals surface area contributed by atoms with E-state index in [1.54, 1.807) is 0 Å². The number of furan rings is 1. The molecule has 0 fully saturated rings. The van der Waals surface area contributed by atoms with Gasteiger partial charge in [0.1, 0.15) is 11.2 Å². The summed E-state index contributed by atoms with van der Waals surface area (Å²) in [5, 5.41) is 2.01. The molecule has 2 heterocycles. The van der Waals surface area contributed by atoms with E-state index in [2.05, 4.69) is 91.0 Å². The number of fused-ring (bicyclic) bond motifs is 3. The van der Waals surface area contributed by atoms with E-state index >= 15 is 0 Å². The van der Waals surface area contributed by atoms with E-state index in [-0.39, 0.29) is 0 Å². The number of hydrogen-bond donors (Lipinski definition) is 0. The molecule has 6 aromatic carbocycles. The number of rotatable bonds is 6. The van der Waals surface area contributed by atoms with Gasteiger partial charge < -0.3 is 4.42 Å². The molecule has 0 amide bonds. The lowest BCUT2D eigenvalue weighted by atomic mass is 9.93. The van der Waals surface area contributed by atoms with Crippen LogP contribution < -0.4 is 0 Å². The van der Waals surface area contributed by atoms with Crippen LogP contribution in [0, 0.1) is 0 Å². The first-order valence-corrected chi connectivity index (χ1v) is 16.7. The fourth-order valence-corrected chi connectivity index (χ4v) is 6.74. The van der Waals surface area contributed by atoms with Crippen molar-refractivity contribution in [2.45, 2.75) is 12.8 Å². The minimum Gasteiger partial charge on any atom is -0.456 e. The van der Waals surface area contributed by atoms with Crippen LogP contribution in [0.25, 0.3) is 83.9 Å². The molecule has 0 unspecified atom stereocenters. The summed E-state index contributed by atoms with van der Waals surface area (Å²) in [5.74, 6) is 1.87. The first-order valence-electron chi connectivity index (χ1n) is 16.7. The molecule has 0 saturated carbocycles. The second-order valence-corrected chi connectivity index (χ2v) is 12.4. The van der Waals surface area contributed by atoms with Crippen LogP contribution in [-0.4, -0.2) is 15.0 Å². The maximum atomic E-state index is 6.42. The molecule has 0 saturated heterocycles. The van der Waals surface area contributed by atoms with Crippen molar-refractivity contribution in [2.24, 2.45) is 0 Å². The second kappa shape index (κ2) is 12.3. The van der Waals surface area contributed by atoms with Crippen molar-refractivity contribution >= 4 is 27.5 Å². The summed E-state index contributed by atoms with van der Waals surface area (Å²) in [4.78, 5) is 15.0. The first-order chi connectivity index (χ1) is 24.3. The van der Waals surface area contributed by atoms with E-state index in [4.69, 9.17) is 19.4 Å². The highest BCUT2D eigenvalue weighted by Gasteiger charge is 2.18. The number of hydrogen-bond acceptors (Lipinski definition) is 4. The molecule has 0 N–H and O–H groups in total. The SMILES string of the molecule is C1=CCCC(c2cccc(-c3cccc(-c4ccc5oc6cccc(-c7nc(-c8ccccc8)nc(-c8ccccc8)n7)c6c5c4)c3)c2)=C1. The predicted octanol–water partition coefficient (Wildman–Crippen LogP) is 11.8. The van der Waals surface area contributed by atoms with Gasteiger partial charge in [0.25, 0.3) is 0 Å². The lowest BCUT2D eigenvalue weighted by Crippen LogP contribution is -2.00. The van der Waals surface area contributed by atoms with E-state index in [9.17, 15) is 0 Å². The zero-order valence-electron chi connectivity index (χ0n) is 26.8. The molecule has 1 aliphatic rings. The van der Waals surface area contributed by atoms with Gasteiger partial charge in [-0.25, -0.2) is 15.0 Å². The standard InChI is InChI=1S/C45H31N3O/c1-4-13-30(14-5-1)33-19-10-20-34(27-33)35-21-11-22-36(28-35)37-25-26-40-39(29-37)42-38(23-12-24-41(42)49-40)45-47-43(31-15-6-2-7-16-31)46-44(48-45)32-17-8-3-9-18-32/h1-4,6-13,15-29H,5,14H2. The van der Waals surface area contributed by atoms with Crippen molar-refractivity contribution in [3.8, 4) is 56.4 Å². The van der Waals surface area contributed by atoms with E-state index in [0.29, 0.717) is 17.5 Å². The highest BCUT2D eigenvalue weighted by Crippen LogP contribution is 2.39. The molecule has 232 valence electrons. The normalized spacial score (nSPS) is 12.8. The van der Waals surface area contributed by atoms with Crippen LogP contribution in [0.4, 0.5) is 0 Å². The summed E-state index contributed by atoms with van der Waals surface area (Å²) in [6, 6.07) is 50.4. The molecule has 2 aromatic heterocycles. The molecule has 8 aromatic rings. The Balaban J connectivity index is 1.17. The summed E-state index contributed by atoms with van der Waals surface area (Å²) in [6.45, 7) is 0. The Labute approximate surface area is 284 Å². The van der Waals surface area contributed by atoms with Gasteiger partial charge in [0.05, 0.1) is 0 Å². The Bertz CT molecular complexity index is 2490. The molecule has 4 heteroatoms. The van der Waals surface area contributed by atoms with Gasteiger partial charge >= 0.3 is 0 Å². The summed E-state index contributed by atoms with van der Waals surface area (Å²) >= 11 is 0. The zero-order valence-corrected chi connectivity index (χ0v) is 26.8. The van der Waals surface area contributed by atoms with Gasteiger partial charge in [-0.1, -0.05) is 133 Å². The maximum Gasteiger partial charge on any atom is 0.164 e. The number of nitrogens with zero attached hydrogens (tertiary/aromatic N) is 3. The minimum atomic E-state index is 0.608. The van der Waals surface area contributed by atoms with E-state index in [0.717, 1.165) is 62.6 Å². The van der Waals surface area contributed by atoms with Crippen molar-refractivity contribution in [3.63, 3.8) is 0 Å². The third-order valence-electron chi connectivity index (χ3n) is 9.21. The van der Waals surface area contributed by atoms with E-state index in [1.807, 2.05) is 72.8 Å². The average molecular weight is 630 g/mol. The van der Waals surface area contributed by atoms with Crippen molar-refractivity contribution in [1.82, 2.24) is 15.0 Å². The van der Waals surface area contributed by atoms with Crippen LogP contribution in [-0.2, 0) is 0 Å². The molecule has 0 radical (unpaired) electrons. The minimum absolute atomic E-state index is 0.608. The lowest BCUT2D eigenvalue weighted by molar-refractivity contribution is 0.669. The van der Waals surface area contributed by atoms with Gasteiger partial charge in [0.2, 0.25) is 0 Å². The molecule has 49 heavy (non-hydrogen) atoms. The van der Waals surface area contributed by atoms with Gasteiger partial charge in [-0.3, -0.25) is 0 Å². The highest BCUT2D eigenvalue weighted by atomic mass is 16.3. The van der Waals surface area contributed by atoms with Crippen molar-refractivity contribution < 1.29 is 4.42 Å². The smallest absolute Gasteiger partial charge is 0.164 e. The number of aromatic nitrogens is 3. The van der Waals surface area contributed by atoms with Crippen molar-refractivity contribution in [2.75, 3.05) is 0 Å². The predicted molar refractivity (Wildman–Crippen MR) is 201 cm³/mol. The monoisotopic (exact) mass is 629 g/mol. The van der Waals surface area contributed by atoms with Gasteiger partial charge in [-0.2, -0.15) is 0 Å². The van der Waals surface area contributed by atoms with Crippen LogP contribution in [0.1, 0.15) is 18.4 Å². The Morgan fingerprint density at radius 1 is 0.449 bits per heavy atom. The summed E-state index contributed by atoms with van der Waals surface area (Å²) < 4.78 is 6.42. The quantitative estimate of drug-likeness (QED) is 0.184. The molecular weight excluding hydrogens is 599 g/mol. The lowest BCUT2D eigenvalue weighted by Gasteiger charge is -2.12. The van der Waals surface area contributed by atoms with Gasteiger partial charge in [0, 0.05) is 27.5 Å². The Morgan fingerprint density at radius 3 is 1.67 bits per heavy atom. The first kappa shape index (κ1) is 28.8. The maximum absolute atomic E-state index is 6.42. The van der Waals surface area contributed by atoms with Gasteiger partial charge in [-0.05, 0) is 76.6 Å². The fraction of sp³-hybridized carbons (Fsp3) is 0.0444. The molecule has 0 bridgehead atoms. The number of allylic oxidation sites excluding steroid dienone is 4.